The fraction of sp³-hybridized carbons (Fsp3) is 0.800. The van der Waals surface area contributed by atoms with Crippen LogP contribution >= 0.6 is 0 Å². The minimum absolute atomic E-state index is 1.14. The van der Waals surface area contributed by atoms with E-state index >= 15 is 0 Å². The van der Waals surface area contributed by atoms with Crippen LogP contribution in [-0.2, 0) is 0 Å². The van der Waals surface area contributed by atoms with Crippen LogP contribution in [-0.4, -0.2) is 20.7 Å². The van der Waals surface area contributed by atoms with Gasteiger partial charge in [-0.15, -0.1) is 0 Å². The molecule has 0 radical (unpaired) electrons. The molecule has 78 valence electrons. The molecule has 3 heteroatoms. The summed E-state index contributed by atoms with van der Waals surface area (Å²) in [5, 5.41) is 0. The molecule has 1 nitrogen and oxygen atoms in total. The molecule has 0 aromatic carbocycles. The standard InChI is InChI=1S/C10H25NSi2/c1-8-9-10-11(12(2,3)4)13(5,6)7/h9-10H,8H2,1-7H3. The lowest BCUT2D eigenvalue weighted by atomic mass is 10.5. The lowest BCUT2D eigenvalue weighted by Gasteiger charge is -2.43. The maximum Gasteiger partial charge on any atom is 0.138 e. The first-order chi connectivity index (χ1) is 5.69. The van der Waals surface area contributed by atoms with Gasteiger partial charge >= 0.3 is 0 Å². The normalized spacial score (nSPS) is 13.8. The van der Waals surface area contributed by atoms with Gasteiger partial charge in [0.1, 0.15) is 16.5 Å². The van der Waals surface area contributed by atoms with Crippen molar-refractivity contribution in [2.45, 2.75) is 52.6 Å². The van der Waals surface area contributed by atoms with E-state index in [0.29, 0.717) is 0 Å². The fourth-order valence-corrected chi connectivity index (χ4v) is 10.8. The summed E-state index contributed by atoms with van der Waals surface area (Å²) in [5.74, 6) is 0. The minimum Gasteiger partial charge on any atom is -0.431 e. The Morgan fingerprint density at radius 2 is 1.31 bits per heavy atom. The third-order valence-electron chi connectivity index (χ3n) is 1.94. The van der Waals surface area contributed by atoms with Gasteiger partial charge in [-0.2, -0.15) is 0 Å². The largest absolute Gasteiger partial charge is 0.431 e. The number of nitrogens with zero attached hydrogens (tertiary/aromatic N) is 1. The van der Waals surface area contributed by atoms with E-state index in [4.69, 9.17) is 0 Å². The lowest BCUT2D eigenvalue weighted by Crippen LogP contribution is -2.55. The van der Waals surface area contributed by atoms with Crippen molar-refractivity contribution >= 4 is 16.5 Å². The molecule has 0 aliphatic rings. The van der Waals surface area contributed by atoms with Crippen LogP contribution in [0.4, 0.5) is 0 Å². The van der Waals surface area contributed by atoms with Crippen LogP contribution in [0.3, 0.4) is 0 Å². The Morgan fingerprint density at radius 1 is 0.923 bits per heavy atom. The van der Waals surface area contributed by atoms with Gasteiger partial charge in [-0.1, -0.05) is 52.3 Å². The maximum absolute atomic E-state index is 2.68. The Hall–Kier alpha value is -0.0262. The molecule has 0 heterocycles. The van der Waals surface area contributed by atoms with Gasteiger partial charge < -0.3 is 4.23 Å². The first-order valence-corrected chi connectivity index (χ1v) is 12.0. The first kappa shape index (κ1) is 13.0. The Balaban J connectivity index is 4.68. The summed E-state index contributed by atoms with van der Waals surface area (Å²) in [6.07, 6.45) is 5.78. The molecule has 0 amide bonds. The van der Waals surface area contributed by atoms with Crippen molar-refractivity contribution in [1.29, 1.82) is 0 Å². The highest BCUT2D eigenvalue weighted by Crippen LogP contribution is 2.19. The van der Waals surface area contributed by atoms with Crippen molar-refractivity contribution in [2.75, 3.05) is 0 Å². The zero-order valence-electron chi connectivity index (χ0n) is 10.3. The van der Waals surface area contributed by atoms with Crippen LogP contribution in [0, 0.1) is 0 Å². The molecule has 0 saturated heterocycles. The van der Waals surface area contributed by atoms with Crippen molar-refractivity contribution in [3.8, 4) is 0 Å². The molecule has 0 spiro atoms. The summed E-state index contributed by atoms with van der Waals surface area (Å²) in [6.45, 7) is 16.7. The highest BCUT2D eigenvalue weighted by atomic mass is 28.4. The second-order valence-corrected chi connectivity index (χ2v) is 15.6. The highest BCUT2D eigenvalue weighted by molar-refractivity contribution is 6.89. The lowest BCUT2D eigenvalue weighted by molar-refractivity contribution is 0.824. The molecule has 0 fully saturated rings. The smallest absolute Gasteiger partial charge is 0.138 e. The van der Waals surface area contributed by atoms with E-state index < -0.39 is 16.5 Å². The SMILES string of the molecule is CCC=CN([Si](C)(C)C)[Si](C)(C)C. The molecule has 0 bridgehead atoms. The highest BCUT2D eigenvalue weighted by Gasteiger charge is 2.31. The Morgan fingerprint density at radius 3 is 1.54 bits per heavy atom. The van der Waals surface area contributed by atoms with Crippen LogP contribution < -0.4 is 0 Å². The minimum atomic E-state index is -1.15. The summed E-state index contributed by atoms with van der Waals surface area (Å²) in [6, 6.07) is 0. The molecule has 0 aliphatic carbocycles. The second-order valence-electron chi connectivity index (χ2n) is 5.50. The first-order valence-electron chi connectivity index (χ1n) is 5.15. The Kier molecular flexibility index (Phi) is 4.45. The Labute approximate surface area is 86.0 Å². The number of hydrogen-bond acceptors (Lipinski definition) is 1. The van der Waals surface area contributed by atoms with E-state index in [1.54, 1.807) is 0 Å². The van der Waals surface area contributed by atoms with Gasteiger partial charge in [0.05, 0.1) is 0 Å². The third-order valence-corrected chi connectivity index (χ3v) is 9.15. The van der Waals surface area contributed by atoms with Gasteiger partial charge in [-0.05, 0) is 12.6 Å². The van der Waals surface area contributed by atoms with Crippen molar-refractivity contribution in [1.82, 2.24) is 4.23 Å². The van der Waals surface area contributed by atoms with Gasteiger partial charge in [0.2, 0.25) is 0 Å². The number of allylic oxidation sites excluding steroid dienone is 1. The molecule has 0 unspecified atom stereocenters. The molecule has 0 aliphatic heterocycles. The molecular weight excluding hydrogens is 190 g/mol. The van der Waals surface area contributed by atoms with Gasteiger partial charge in [0.15, 0.2) is 0 Å². The summed E-state index contributed by atoms with van der Waals surface area (Å²) in [4.78, 5) is 0. The average Bonchev–Trinajstić information content (AvgIpc) is 1.81. The van der Waals surface area contributed by atoms with Gasteiger partial charge in [0.25, 0.3) is 0 Å². The van der Waals surface area contributed by atoms with Gasteiger partial charge in [-0.25, -0.2) is 0 Å². The third kappa shape index (κ3) is 4.67. The van der Waals surface area contributed by atoms with Crippen molar-refractivity contribution in [2.24, 2.45) is 0 Å². The predicted octanol–water partition coefficient (Wildman–Crippen LogP) is 3.88. The summed E-state index contributed by atoms with van der Waals surface area (Å²) in [7, 11) is -2.30. The zero-order chi connectivity index (χ0) is 10.7. The molecule has 0 aromatic rings. The molecule has 0 atom stereocenters. The summed E-state index contributed by atoms with van der Waals surface area (Å²) < 4.78 is 2.68. The molecule has 0 rings (SSSR count). The number of hydrogen-bond donors (Lipinski definition) is 0. The van der Waals surface area contributed by atoms with E-state index in [9.17, 15) is 0 Å². The van der Waals surface area contributed by atoms with Crippen molar-refractivity contribution < 1.29 is 0 Å². The van der Waals surface area contributed by atoms with Crippen LogP contribution in [0.15, 0.2) is 12.3 Å². The second kappa shape index (κ2) is 4.46. The molecule has 13 heavy (non-hydrogen) atoms. The van der Waals surface area contributed by atoms with Gasteiger partial charge in [-0.3, -0.25) is 0 Å². The van der Waals surface area contributed by atoms with Crippen LogP contribution in [0.1, 0.15) is 13.3 Å². The van der Waals surface area contributed by atoms with Crippen LogP contribution in [0.2, 0.25) is 39.3 Å². The topological polar surface area (TPSA) is 3.24 Å². The predicted molar refractivity (Wildman–Crippen MR) is 68.0 cm³/mol. The average molecular weight is 215 g/mol. The maximum atomic E-state index is 2.68. The van der Waals surface area contributed by atoms with E-state index in [1.807, 2.05) is 0 Å². The molecule has 0 aromatic heterocycles. The van der Waals surface area contributed by atoms with Crippen LogP contribution in [0.5, 0.6) is 0 Å². The summed E-state index contributed by atoms with van der Waals surface area (Å²) >= 11 is 0. The van der Waals surface area contributed by atoms with Crippen molar-refractivity contribution in [3.63, 3.8) is 0 Å². The molecule has 0 saturated carbocycles. The zero-order valence-corrected chi connectivity index (χ0v) is 12.3. The van der Waals surface area contributed by atoms with Crippen LogP contribution in [0.25, 0.3) is 0 Å². The quantitative estimate of drug-likeness (QED) is 0.643. The van der Waals surface area contributed by atoms with Gasteiger partial charge in [0, 0.05) is 0 Å². The number of rotatable bonds is 4. The van der Waals surface area contributed by atoms with E-state index in [-0.39, 0.29) is 0 Å². The summed E-state index contributed by atoms with van der Waals surface area (Å²) in [5.41, 5.74) is 0. The van der Waals surface area contributed by atoms with E-state index in [0.717, 1.165) is 6.42 Å². The fourth-order valence-electron chi connectivity index (χ4n) is 1.66. The molecule has 0 N–H and O–H groups in total. The van der Waals surface area contributed by atoms with Crippen molar-refractivity contribution in [3.05, 3.63) is 12.3 Å². The van der Waals surface area contributed by atoms with E-state index in [2.05, 4.69) is 62.7 Å². The monoisotopic (exact) mass is 215 g/mol. The molecular formula is C10H25NSi2. The Bertz CT molecular complexity index is 160. The van der Waals surface area contributed by atoms with E-state index in [1.165, 1.54) is 0 Å².